The van der Waals surface area contributed by atoms with Crippen LogP contribution in [0.2, 0.25) is 0 Å². The zero-order valence-corrected chi connectivity index (χ0v) is 19.7. The summed E-state index contributed by atoms with van der Waals surface area (Å²) in [4.78, 5) is 30.2. The van der Waals surface area contributed by atoms with E-state index in [0.717, 1.165) is 18.7 Å². The van der Waals surface area contributed by atoms with E-state index < -0.39 is 17.7 Å². The maximum Gasteiger partial charge on any atom is 0.295 e. The Morgan fingerprint density at radius 2 is 1.82 bits per heavy atom. The number of likely N-dealkylation sites (tertiary alicyclic amines) is 1. The smallest absolute Gasteiger partial charge is 0.295 e. The summed E-state index contributed by atoms with van der Waals surface area (Å²) in [5.74, 6) is -1.05. The van der Waals surface area contributed by atoms with Crippen LogP contribution in [0.5, 0.6) is 0 Å². The number of Topliss-reactive ketones (excluding diaryl/α,β-unsaturated/α-hetero) is 1. The number of H-pyrrole nitrogens is 1. The lowest BCUT2D eigenvalue weighted by atomic mass is 9.93. The normalized spacial score (nSPS) is 21.4. The third kappa shape index (κ3) is 4.45. The molecule has 2 N–H and O–H groups in total. The molecule has 8 heteroatoms. The summed E-state index contributed by atoms with van der Waals surface area (Å²) in [5.41, 5.74) is 3.81. The van der Waals surface area contributed by atoms with Crippen molar-refractivity contribution in [2.75, 3.05) is 39.4 Å². The van der Waals surface area contributed by atoms with Crippen molar-refractivity contribution in [1.29, 1.82) is 0 Å². The number of aliphatic hydroxyl groups excluding tert-OH is 1. The van der Waals surface area contributed by atoms with Gasteiger partial charge < -0.3 is 14.7 Å². The second kappa shape index (κ2) is 9.49. The third-order valence-electron chi connectivity index (χ3n) is 6.58. The van der Waals surface area contributed by atoms with E-state index in [1.54, 1.807) is 18.7 Å². The van der Waals surface area contributed by atoms with Crippen LogP contribution in [0.1, 0.15) is 53.9 Å². The number of benzene rings is 1. The van der Waals surface area contributed by atoms with Crippen LogP contribution in [0.4, 0.5) is 0 Å². The molecule has 2 aliphatic heterocycles. The van der Waals surface area contributed by atoms with Crippen molar-refractivity contribution >= 4 is 17.4 Å². The number of aliphatic hydroxyl groups is 1. The average Bonchev–Trinajstić information content (AvgIpc) is 3.28. The van der Waals surface area contributed by atoms with E-state index >= 15 is 0 Å². The van der Waals surface area contributed by atoms with E-state index in [4.69, 9.17) is 4.74 Å². The van der Waals surface area contributed by atoms with E-state index in [2.05, 4.69) is 28.9 Å². The molecule has 1 amide bonds. The maximum absolute atomic E-state index is 13.2. The molecule has 0 bridgehead atoms. The van der Waals surface area contributed by atoms with Crippen LogP contribution in [-0.4, -0.2) is 76.2 Å². The molecular weight excluding hydrogens is 420 g/mol. The van der Waals surface area contributed by atoms with Gasteiger partial charge in [-0.05, 0) is 30.9 Å². The minimum absolute atomic E-state index is 0.117. The number of hydrogen-bond donors (Lipinski definition) is 2. The molecule has 1 atom stereocenters. The summed E-state index contributed by atoms with van der Waals surface area (Å²) in [6, 6.07) is 7.31. The molecule has 1 unspecified atom stereocenters. The van der Waals surface area contributed by atoms with Crippen LogP contribution in [0.3, 0.4) is 0 Å². The minimum Gasteiger partial charge on any atom is -0.507 e. The number of aryl methyl sites for hydroxylation is 2. The number of hydrogen-bond acceptors (Lipinski definition) is 6. The monoisotopic (exact) mass is 452 g/mol. The van der Waals surface area contributed by atoms with Gasteiger partial charge in [-0.15, -0.1) is 0 Å². The molecule has 0 spiro atoms. The van der Waals surface area contributed by atoms with Gasteiger partial charge in [0.1, 0.15) is 5.76 Å². The van der Waals surface area contributed by atoms with Crippen molar-refractivity contribution in [2.45, 2.75) is 39.7 Å². The molecule has 176 valence electrons. The first-order chi connectivity index (χ1) is 15.8. The van der Waals surface area contributed by atoms with Crippen LogP contribution < -0.4 is 0 Å². The van der Waals surface area contributed by atoms with Gasteiger partial charge in [0.2, 0.25) is 0 Å². The Morgan fingerprint density at radius 3 is 2.39 bits per heavy atom. The first-order valence-electron chi connectivity index (χ1n) is 11.5. The Kier molecular flexibility index (Phi) is 6.67. The predicted octanol–water partition coefficient (Wildman–Crippen LogP) is 2.90. The number of aromatic amines is 1. The summed E-state index contributed by atoms with van der Waals surface area (Å²) >= 11 is 0. The van der Waals surface area contributed by atoms with Crippen molar-refractivity contribution in [2.24, 2.45) is 0 Å². The van der Waals surface area contributed by atoms with Crippen molar-refractivity contribution in [1.82, 2.24) is 20.0 Å². The zero-order valence-electron chi connectivity index (χ0n) is 19.7. The number of nitrogens with zero attached hydrogens (tertiary/aromatic N) is 3. The lowest BCUT2D eigenvalue weighted by molar-refractivity contribution is -0.140. The maximum atomic E-state index is 13.2. The largest absolute Gasteiger partial charge is 0.507 e. The van der Waals surface area contributed by atoms with Gasteiger partial charge in [-0.1, -0.05) is 38.1 Å². The van der Waals surface area contributed by atoms with Crippen molar-refractivity contribution < 1.29 is 19.4 Å². The molecule has 0 saturated carbocycles. The Hall–Kier alpha value is -2.97. The highest BCUT2D eigenvalue weighted by molar-refractivity contribution is 6.46. The second-order valence-electron chi connectivity index (χ2n) is 9.08. The van der Waals surface area contributed by atoms with Crippen LogP contribution in [-0.2, 0) is 14.3 Å². The lowest BCUT2D eigenvalue weighted by Crippen LogP contribution is -2.42. The highest BCUT2D eigenvalue weighted by Gasteiger charge is 2.46. The van der Waals surface area contributed by atoms with Crippen LogP contribution in [0.15, 0.2) is 29.8 Å². The van der Waals surface area contributed by atoms with Gasteiger partial charge in [-0.25, -0.2) is 0 Å². The van der Waals surface area contributed by atoms with Gasteiger partial charge in [0.05, 0.1) is 36.1 Å². The van der Waals surface area contributed by atoms with Gasteiger partial charge in [0, 0.05) is 31.9 Å². The number of nitrogens with one attached hydrogen (secondary N) is 1. The number of ether oxygens (including phenoxy) is 1. The van der Waals surface area contributed by atoms with Crippen molar-refractivity contribution in [3.05, 3.63) is 57.9 Å². The second-order valence-corrected chi connectivity index (χ2v) is 9.08. The molecular formula is C25H32N4O4. The number of morpholine rings is 1. The minimum atomic E-state index is -0.660. The number of rotatable bonds is 6. The Balaban J connectivity index is 1.76. The highest BCUT2D eigenvalue weighted by atomic mass is 16.5. The first-order valence-corrected chi connectivity index (χ1v) is 11.5. The van der Waals surface area contributed by atoms with Gasteiger partial charge in [0.15, 0.2) is 0 Å². The fraction of sp³-hybridized carbons (Fsp3) is 0.480. The number of carbonyl (C=O) groups excluding carboxylic acids is 2. The van der Waals surface area contributed by atoms with Crippen LogP contribution >= 0.6 is 0 Å². The number of carbonyl (C=O) groups is 2. The summed E-state index contributed by atoms with van der Waals surface area (Å²) in [6.45, 7) is 11.7. The molecule has 4 rings (SSSR count). The summed E-state index contributed by atoms with van der Waals surface area (Å²) in [7, 11) is 0. The molecule has 2 aliphatic rings. The van der Waals surface area contributed by atoms with E-state index in [-0.39, 0.29) is 11.3 Å². The number of ketones is 1. The molecule has 2 aromatic rings. The van der Waals surface area contributed by atoms with Crippen molar-refractivity contribution in [3.8, 4) is 0 Å². The Bertz CT molecular complexity index is 1050. The number of aromatic nitrogens is 2. The van der Waals surface area contributed by atoms with E-state index in [1.165, 1.54) is 5.56 Å². The molecule has 0 radical (unpaired) electrons. The Labute approximate surface area is 194 Å². The average molecular weight is 453 g/mol. The molecule has 33 heavy (non-hydrogen) atoms. The molecule has 2 fully saturated rings. The van der Waals surface area contributed by atoms with Crippen LogP contribution in [0, 0.1) is 13.8 Å². The Morgan fingerprint density at radius 1 is 1.15 bits per heavy atom. The lowest BCUT2D eigenvalue weighted by Gasteiger charge is -2.31. The van der Waals surface area contributed by atoms with Gasteiger partial charge in [0.25, 0.3) is 11.7 Å². The summed E-state index contributed by atoms with van der Waals surface area (Å²) in [5, 5.41) is 18.3. The molecule has 3 heterocycles. The molecule has 8 nitrogen and oxygen atoms in total. The van der Waals surface area contributed by atoms with Crippen LogP contribution in [0.25, 0.3) is 5.76 Å². The standard InChI is InChI=1S/C25H32N4O4/c1-15(2)18-5-7-19(8-6-18)22-21(23(30)20-16(3)26-27-17(20)4)24(31)25(32)29(22)10-9-28-11-13-33-14-12-28/h5-8,15,22,30H,9-14H2,1-4H3,(H,26,27)/b23-21+. The van der Waals surface area contributed by atoms with E-state index in [9.17, 15) is 14.7 Å². The van der Waals surface area contributed by atoms with E-state index in [1.807, 2.05) is 24.3 Å². The first kappa shape index (κ1) is 23.2. The molecule has 1 aromatic heterocycles. The topological polar surface area (TPSA) is 98.8 Å². The highest BCUT2D eigenvalue weighted by Crippen LogP contribution is 2.40. The molecule has 1 aromatic carbocycles. The summed E-state index contributed by atoms with van der Waals surface area (Å²) < 4.78 is 5.42. The summed E-state index contributed by atoms with van der Waals surface area (Å²) in [6.07, 6.45) is 0. The molecule has 0 aliphatic carbocycles. The van der Waals surface area contributed by atoms with Gasteiger partial charge in [-0.3, -0.25) is 19.6 Å². The van der Waals surface area contributed by atoms with Gasteiger partial charge >= 0.3 is 0 Å². The number of amides is 1. The predicted molar refractivity (Wildman–Crippen MR) is 125 cm³/mol. The molecule has 2 saturated heterocycles. The van der Waals surface area contributed by atoms with E-state index in [0.29, 0.717) is 49.2 Å². The fourth-order valence-electron chi connectivity index (χ4n) is 4.63. The SMILES string of the molecule is Cc1n[nH]c(C)c1/C(O)=C1\C(=O)C(=O)N(CCN2CCOCC2)C1c1ccc(C(C)C)cc1. The zero-order chi connectivity index (χ0) is 23.7. The fourth-order valence-corrected chi connectivity index (χ4v) is 4.63. The van der Waals surface area contributed by atoms with Gasteiger partial charge in [-0.2, -0.15) is 5.10 Å². The quantitative estimate of drug-likeness (QED) is 0.397. The third-order valence-corrected chi connectivity index (χ3v) is 6.58. The van der Waals surface area contributed by atoms with Crippen molar-refractivity contribution in [3.63, 3.8) is 0 Å².